The number of halogens is 3. The Hall–Kier alpha value is -1.95. The van der Waals surface area contributed by atoms with Crippen LogP contribution in [0.2, 0.25) is 0 Å². The molecule has 0 bridgehead atoms. The summed E-state index contributed by atoms with van der Waals surface area (Å²) in [6.45, 7) is -0.525. The van der Waals surface area contributed by atoms with Gasteiger partial charge in [0, 0.05) is 17.8 Å². The SMILES string of the molecule is O=C(O)CN(Cc1c(F)ccc(Br)c1F)c1ccccc1. The molecule has 0 heterocycles. The van der Waals surface area contributed by atoms with E-state index in [1.807, 2.05) is 0 Å². The van der Waals surface area contributed by atoms with Crippen LogP contribution in [0.25, 0.3) is 0 Å². The maximum atomic E-state index is 14.0. The van der Waals surface area contributed by atoms with Crippen molar-refractivity contribution >= 4 is 27.6 Å². The number of nitrogens with zero attached hydrogens (tertiary/aromatic N) is 1. The molecule has 0 saturated heterocycles. The van der Waals surface area contributed by atoms with Crippen LogP contribution in [0.5, 0.6) is 0 Å². The van der Waals surface area contributed by atoms with Gasteiger partial charge >= 0.3 is 5.97 Å². The molecule has 6 heteroatoms. The number of benzene rings is 2. The van der Waals surface area contributed by atoms with Crippen molar-refractivity contribution in [2.45, 2.75) is 6.54 Å². The molecule has 0 aliphatic rings. The summed E-state index contributed by atoms with van der Waals surface area (Å²) in [6.07, 6.45) is 0. The third-order valence-corrected chi connectivity index (χ3v) is 3.55. The maximum Gasteiger partial charge on any atom is 0.323 e. The van der Waals surface area contributed by atoms with Gasteiger partial charge in [0.1, 0.15) is 18.2 Å². The summed E-state index contributed by atoms with van der Waals surface area (Å²) in [6, 6.07) is 11.1. The largest absolute Gasteiger partial charge is 0.480 e. The Labute approximate surface area is 128 Å². The number of carboxylic acid groups (broad SMARTS) is 1. The molecule has 0 atom stereocenters. The molecule has 2 aromatic rings. The van der Waals surface area contributed by atoms with Crippen LogP contribution < -0.4 is 4.90 Å². The second-order valence-electron chi connectivity index (χ2n) is 4.41. The number of hydrogen-bond donors (Lipinski definition) is 1. The molecule has 0 radical (unpaired) electrons. The Balaban J connectivity index is 2.36. The van der Waals surface area contributed by atoms with Gasteiger partial charge in [0.15, 0.2) is 0 Å². The molecule has 1 N–H and O–H groups in total. The van der Waals surface area contributed by atoms with E-state index in [0.29, 0.717) is 5.69 Å². The van der Waals surface area contributed by atoms with Crippen molar-refractivity contribution in [3.63, 3.8) is 0 Å². The van der Waals surface area contributed by atoms with Crippen molar-refractivity contribution in [3.05, 3.63) is 64.1 Å². The molecule has 0 aliphatic heterocycles. The smallest absolute Gasteiger partial charge is 0.323 e. The van der Waals surface area contributed by atoms with E-state index in [1.165, 1.54) is 11.0 Å². The highest BCUT2D eigenvalue weighted by molar-refractivity contribution is 9.10. The topological polar surface area (TPSA) is 40.5 Å². The van der Waals surface area contributed by atoms with Gasteiger partial charge in [-0.15, -0.1) is 0 Å². The first-order valence-corrected chi connectivity index (χ1v) is 6.92. The summed E-state index contributed by atoms with van der Waals surface area (Å²) in [5, 5.41) is 8.98. The summed E-state index contributed by atoms with van der Waals surface area (Å²) >= 11 is 3.00. The average Bonchev–Trinajstić information content (AvgIpc) is 2.47. The van der Waals surface area contributed by atoms with E-state index >= 15 is 0 Å². The fourth-order valence-corrected chi connectivity index (χ4v) is 2.32. The molecule has 0 unspecified atom stereocenters. The van der Waals surface area contributed by atoms with Gasteiger partial charge in [0.25, 0.3) is 0 Å². The number of carboxylic acids is 1. The molecule has 0 amide bonds. The fraction of sp³-hybridized carbons (Fsp3) is 0.133. The molecule has 0 saturated carbocycles. The van der Waals surface area contributed by atoms with Crippen LogP contribution in [0.4, 0.5) is 14.5 Å². The predicted molar refractivity (Wildman–Crippen MR) is 79.2 cm³/mol. The Bertz CT molecular complexity index is 650. The summed E-state index contributed by atoms with van der Waals surface area (Å²) in [7, 11) is 0. The molecule has 2 aromatic carbocycles. The second kappa shape index (κ2) is 6.67. The van der Waals surface area contributed by atoms with E-state index in [4.69, 9.17) is 5.11 Å². The van der Waals surface area contributed by atoms with Crippen molar-refractivity contribution in [1.82, 2.24) is 0 Å². The van der Waals surface area contributed by atoms with Crippen molar-refractivity contribution in [2.24, 2.45) is 0 Å². The lowest BCUT2D eigenvalue weighted by Gasteiger charge is -2.23. The summed E-state index contributed by atoms with van der Waals surface area (Å²) in [5.41, 5.74) is 0.410. The Morgan fingerprint density at radius 3 is 2.43 bits per heavy atom. The first-order chi connectivity index (χ1) is 9.99. The van der Waals surface area contributed by atoms with Crippen molar-refractivity contribution < 1.29 is 18.7 Å². The van der Waals surface area contributed by atoms with E-state index in [0.717, 1.165) is 6.07 Å². The molecule has 0 spiro atoms. The predicted octanol–water partition coefficient (Wildman–Crippen LogP) is 3.82. The summed E-state index contributed by atoms with van der Waals surface area (Å²) < 4.78 is 28.0. The molecule has 0 aliphatic carbocycles. The van der Waals surface area contributed by atoms with Gasteiger partial charge in [-0.1, -0.05) is 18.2 Å². The van der Waals surface area contributed by atoms with Crippen LogP contribution >= 0.6 is 15.9 Å². The monoisotopic (exact) mass is 355 g/mol. The number of aliphatic carboxylic acids is 1. The highest BCUT2D eigenvalue weighted by atomic mass is 79.9. The van der Waals surface area contributed by atoms with Gasteiger partial charge in [-0.05, 0) is 40.2 Å². The van der Waals surface area contributed by atoms with E-state index in [9.17, 15) is 13.6 Å². The first-order valence-electron chi connectivity index (χ1n) is 6.13. The molecule has 3 nitrogen and oxygen atoms in total. The number of rotatable bonds is 5. The van der Waals surface area contributed by atoms with Crippen molar-refractivity contribution in [1.29, 1.82) is 0 Å². The number of anilines is 1. The van der Waals surface area contributed by atoms with Gasteiger partial charge < -0.3 is 10.0 Å². The fourth-order valence-electron chi connectivity index (χ4n) is 1.95. The van der Waals surface area contributed by atoms with E-state index in [1.54, 1.807) is 30.3 Å². The standard InChI is InChI=1S/C15H12BrF2NO2/c16-12-6-7-13(17)11(15(12)18)8-19(9-14(20)21)10-4-2-1-3-5-10/h1-7H,8-9H2,(H,20,21). The number of para-hydroxylation sites is 1. The highest BCUT2D eigenvalue weighted by Gasteiger charge is 2.18. The zero-order valence-corrected chi connectivity index (χ0v) is 12.5. The lowest BCUT2D eigenvalue weighted by molar-refractivity contribution is -0.135. The zero-order valence-electron chi connectivity index (χ0n) is 10.9. The maximum absolute atomic E-state index is 14.0. The zero-order chi connectivity index (χ0) is 15.4. The average molecular weight is 356 g/mol. The van der Waals surface area contributed by atoms with Crippen LogP contribution in [0.1, 0.15) is 5.56 Å². The van der Waals surface area contributed by atoms with Crippen molar-refractivity contribution in [3.8, 4) is 0 Å². The van der Waals surface area contributed by atoms with Gasteiger partial charge in [-0.2, -0.15) is 0 Å². The molecule has 21 heavy (non-hydrogen) atoms. The van der Waals surface area contributed by atoms with Gasteiger partial charge in [0.05, 0.1) is 4.47 Å². The number of hydrogen-bond acceptors (Lipinski definition) is 2. The molecule has 2 rings (SSSR count). The first kappa shape index (κ1) is 15.4. The van der Waals surface area contributed by atoms with Crippen molar-refractivity contribution in [2.75, 3.05) is 11.4 Å². The normalized spacial score (nSPS) is 10.4. The molecule has 110 valence electrons. The van der Waals surface area contributed by atoms with Crippen LogP contribution in [0.3, 0.4) is 0 Å². The lowest BCUT2D eigenvalue weighted by Crippen LogP contribution is -2.30. The Kier molecular flexibility index (Phi) is 4.90. The summed E-state index contributed by atoms with van der Waals surface area (Å²) in [5.74, 6) is -2.50. The molecule has 0 fully saturated rings. The number of carbonyl (C=O) groups is 1. The van der Waals surface area contributed by atoms with Crippen LogP contribution in [0.15, 0.2) is 46.9 Å². The van der Waals surface area contributed by atoms with Crippen LogP contribution in [-0.4, -0.2) is 17.6 Å². The van der Waals surface area contributed by atoms with E-state index < -0.39 is 17.6 Å². The minimum absolute atomic E-state index is 0.141. The van der Waals surface area contributed by atoms with Gasteiger partial charge in [0.2, 0.25) is 0 Å². The third-order valence-electron chi connectivity index (χ3n) is 2.94. The Morgan fingerprint density at radius 1 is 1.14 bits per heavy atom. The van der Waals surface area contributed by atoms with E-state index in [2.05, 4.69) is 15.9 Å². The van der Waals surface area contributed by atoms with E-state index in [-0.39, 0.29) is 23.1 Å². The minimum atomic E-state index is -1.07. The summed E-state index contributed by atoms with van der Waals surface area (Å²) in [4.78, 5) is 12.4. The van der Waals surface area contributed by atoms with Gasteiger partial charge in [-0.3, -0.25) is 4.79 Å². The highest BCUT2D eigenvalue weighted by Crippen LogP contribution is 2.25. The Morgan fingerprint density at radius 2 is 1.81 bits per heavy atom. The lowest BCUT2D eigenvalue weighted by atomic mass is 10.1. The molecular weight excluding hydrogens is 344 g/mol. The van der Waals surface area contributed by atoms with Crippen LogP contribution in [0, 0.1) is 11.6 Å². The second-order valence-corrected chi connectivity index (χ2v) is 5.26. The molecule has 0 aromatic heterocycles. The van der Waals surface area contributed by atoms with Crippen LogP contribution in [-0.2, 0) is 11.3 Å². The quantitative estimate of drug-likeness (QED) is 0.829. The third kappa shape index (κ3) is 3.78. The van der Waals surface area contributed by atoms with Gasteiger partial charge in [-0.25, -0.2) is 8.78 Å². The minimum Gasteiger partial charge on any atom is -0.480 e. The molecular formula is C15H12BrF2NO2.